The third-order valence-electron chi connectivity index (χ3n) is 4.68. The van der Waals surface area contributed by atoms with E-state index in [1.165, 1.54) is 0 Å². The lowest BCUT2D eigenvalue weighted by Gasteiger charge is -2.41. The molecule has 0 spiro atoms. The molecule has 114 valence electrons. The Morgan fingerprint density at radius 2 is 1.90 bits per heavy atom. The summed E-state index contributed by atoms with van der Waals surface area (Å²) in [6.07, 6.45) is 4.04. The van der Waals surface area contributed by atoms with E-state index in [0.29, 0.717) is 11.8 Å². The summed E-state index contributed by atoms with van der Waals surface area (Å²) in [6, 6.07) is -0.531. The molecule has 1 heterocycles. The minimum atomic E-state index is -0.324. The molecule has 20 heavy (non-hydrogen) atoms. The van der Waals surface area contributed by atoms with Crippen molar-refractivity contribution in [1.82, 2.24) is 10.2 Å². The van der Waals surface area contributed by atoms with Gasteiger partial charge in [0.2, 0.25) is 11.8 Å². The van der Waals surface area contributed by atoms with Crippen molar-refractivity contribution in [2.75, 3.05) is 6.54 Å². The van der Waals surface area contributed by atoms with Crippen LogP contribution in [0, 0.1) is 17.8 Å². The van der Waals surface area contributed by atoms with Crippen LogP contribution in [0.1, 0.15) is 53.4 Å². The van der Waals surface area contributed by atoms with Crippen LogP contribution in [0.3, 0.4) is 0 Å². The molecule has 4 heteroatoms. The van der Waals surface area contributed by atoms with Gasteiger partial charge in [-0.1, -0.05) is 34.1 Å². The van der Waals surface area contributed by atoms with Crippen LogP contribution >= 0.6 is 0 Å². The van der Waals surface area contributed by atoms with E-state index >= 15 is 0 Å². The summed E-state index contributed by atoms with van der Waals surface area (Å²) in [5, 5.41) is 2.98. The normalized spacial score (nSPS) is 28.8. The Morgan fingerprint density at radius 1 is 1.25 bits per heavy atom. The van der Waals surface area contributed by atoms with Gasteiger partial charge in [-0.3, -0.25) is 9.59 Å². The lowest BCUT2D eigenvalue weighted by Crippen LogP contribution is -2.65. The molecule has 4 nitrogen and oxygen atoms in total. The predicted octanol–water partition coefficient (Wildman–Crippen LogP) is 2.18. The van der Waals surface area contributed by atoms with Crippen molar-refractivity contribution >= 4 is 11.8 Å². The molecule has 1 N–H and O–H groups in total. The quantitative estimate of drug-likeness (QED) is 0.811. The van der Waals surface area contributed by atoms with Gasteiger partial charge in [0.05, 0.1) is 0 Å². The van der Waals surface area contributed by atoms with Crippen molar-refractivity contribution in [2.24, 2.45) is 17.8 Å². The molecule has 2 amide bonds. The first-order chi connectivity index (χ1) is 9.45. The van der Waals surface area contributed by atoms with E-state index in [-0.39, 0.29) is 29.8 Å². The number of hydrogen-bond donors (Lipinski definition) is 1. The smallest absolute Gasteiger partial charge is 0.246 e. The summed E-state index contributed by atoms with van der Waals surface area (Å²) < 4.78 is 0. The van der Waals surface area contributed by atoms with Gasteiger partial charge in [0, 0.05) is 6.54 Å². The number of piperazine rings is 1. The molecule has 0 aromatic carbocycles. The van der Waals surface area contributed by atoms with Crippen LogP contribution in [0.15, 0.2) is 0 Å². The zero-order valence-corrected chi connectivity index (χ0v) is 13.2. The second kappa shape index (κ2) is 6.15. The van der Waals surface area contributed by atoms with Gasteiger partial charge in [0.1, 0.15) is 12.1 Å². The topological polar surface area (TPSA) is 49.4 Å². The number of nitrogens with one attached hydrogen (secondary N) is 1. The largest absolute Gasteiger partial charge is 0.342 e. The van der Waals surface area contributed by atoms with E-state index in [1.54, 1.807) is 0 Å². The molecule has 2 aliphatic rings. The number of nitrogens with zero attached hydrogens (tertiary/aromatic N) is 1. The van der Waals surface area contributed by atoms with E-state index in [4.69, 9.17) is 0 Å². The van der Waals surface area contributed by atoms with Crippen LogP contribution in [0.2, 0.25) is 0 Å². The van der Waals surface area contributed by atoms with Gasteiger partial charge in [0.25, 0.3) is 0 Å². The molecule has 0 aromatic heterocycles. The molecule has 1 aliphatic carbocycles. The van der Waals surface area contributed by atoms with Crippen molar-refractivity contribution in [3.05, 3.63) is 0 Å². The Morgan fingerprint density at radius 3 is 2.40 bits per heavy atom. The van der Waals surface area contributed by atoms with Crippen molar-refractivity contribution in [1.29, 1.82) is 0 Å². The van der Waals surface area contributed by atoms with Gasteiger partial charge >= 0.3 is 0 Å². The Balaban J connectivity index is 2.14. The van der Waals surface area contributed by atoms with Crippen LogP contribution in [0.25, 0.3) is 0 Å². The Hall–Kier alpha value is -1.06. The van der Waals surface area contributed by atoms with Gasteiger partial charge in [-0.05, 0) is 37.0 Å². The van der Waals surface area contributed by atoms with Crippen LogP contribution in [0.4, 0.5) is 0 Å². The molecule has 3 unspecified atom stereocenters. The lowest BCUT2D eigenvalue weighted by atomic mass is 9.92. The molecular formula is C16H28N2O2. The molecule has 0 radical (unpaired) electrons. The highest BCUT2D eigenvalue weighted by atomic mass is 16.2. The summed E-state index contributed by atoms with van der Waals surface area (Å²) >= 11 is 0. The summed E-state index contributed by atoms with van der Waals surface area (Å²) in [5.41, 5.74) is 0. The van der Waals surface area contributed by atoms with Crippen molar-refractivity contribution in [3.8, 4) is 0 Å². The van der Waals surface area contributed by atoms with Crippen LogP contribution in [-0.2, 0) is 9.59 Å². The fraction of sp³-hybridized carbons (Fsp3) is 0.875. The Bertz CT molecular complexity index is 377. The average Bonchev–Trinajstić information content (AvgIpc) is 3.22. The molecule has 2 rings (SSSR count). The molecule has 1 aliphatic heterocycles. The van der Waals surface area contributed by atoms with E-state index in [2.05, 4.69) is 26.1 Å². The first-order valence-electron chi connectivity index (χ1n) is 8.06. The van der Waals surface area contributed by atoms with Crippen molar-refractivity contribution < 1.29 is 9.59 Å². The molecule has 1 saturated heterocycles. The standard InChI is InChI=1S/C16H28N2O2/c1-5-11(4)13-16(20)18(9-8-10(2)3)14(12-6-7-12)15(19)17-13/h10-14H,5-9H2,1-4H3,(H,17,19). The molecule has 1 saturated carbocycles. The number of amides is 2. The highest BCUT2D eigenvalue weighted by Crippen LogP contribution is 2.37. The SMILES string of the molecule is CCC(C)C1NC(=O)C(C2CC2)N(CCC(C)C)C1=O. The number of hydrogen-bond acceptors (Lipinski definition) is 2. The summed E-state index contributed by atoms with van der Waals surface area (Å²) in [6.45, 7) is 9.15. The third kappa shape index (κ3) is 3.15. The van der Waals surface area contributed by atoms with Gasteiger partial charge in [-0.15, -0.1) is 0 Å². The molecule has 0 aromatic rings. The molecule has 2 fully saturated rings. The predicted molar refractivity (Wildman–Crippen MR) is 79.1 cm³/mol. The van der Waals surface area contributed by atoms with E-state index in [9.17, 15) is 9.59 Å². The van der Waals surface area contributed by atoms with Gasteiger partial charge in [-0.2, -0.15) is 0 Å². The first-order valence-corrected chi connectivity index (χ1v) is 8.06. The second-order valence-corrected chi connectivity index (χ2v) is 6.87. The minimum absolute atomic E-state index is 0.0705. The van der Waals surface area contributed by atoms with Crippen molar-refractivity contribution in [3.63, 3.8) is 0 Å². The minimum Gasteiger partial charge on any atom is -0.342 e. The highest BCUT2D eigenvalue weighted by molar-refractivity contribution is 5.97. The van der Waals surface area contributed by atoms with Crippen molar-refractivity contribution in [2.45, 2.75) is 65.5 Å². The fourth-order valence-corrected chi connectivity index (χ4v) is 2.91. The maximum Gasteiger partial charge on any atom is 0.246 e. The maximum atomic E-state index is 12.7. The number of rotatable bonds is 6. The van der Waals surface area contributed by atoms with Gasteiger partial charge in [0.15, 0.2) is 0 Å². The van der Waals surface area contributed by atoms with E-state index in [0.717, 1.165) is 32.2 Å². The third-order valence-corrected chi connectivity index (χ3v) is 4.68. The van der Waals surface area contributed by atoms with Crippen LogP contribution in [-0.4, -0.2) is 35.3 Å². The zero-order chi connectivity index (χ0) is 14.9. The maximum absolute atomic E-state index is 12.7. The molecule has 3 atom stereocenters. The second-order valence-electron chi connectivity index (χ2n) is 6.87. The number of carbonyl (C=O) groups is 2. The zero-order valence-electron chi connectivity index (χ0n) is 13.2. The van der Waals surface area contributed by atoms with Gasteiger partial charge < -0.3 is 10.2 Å². The summed E-state index contributed by atoms with van der Waals surface area (Å²) in [7, 11) is 0. The fourth-order valence-electron chi connectivity index (χ4n) is 2.91. The Kier molecular flexibility index (Phi) is 4.71. The van der Waals surface area contributed by atoms with Crippen LogP contribution in [0.5, 0.6) is 0 Å². The van der Waals surface area contributed by atoms with E-state index in [1.807, 2.05) is 11.8 Å². The number of carbonyl (C=O) groups excluding carboxylic acids is 2. The molecule has 0 bridgehead atoms. The molecular weight excluding hydrogens is 252 g/mol. The average molecular weight is 280 g/mol. The summed E-state index contributed by atoms with van der Waals surface area (Å²) in [5.74, 6) is 1.35. The highest BCUT2D eigenvalue weighted by Gasteiger charge is 2.48. The summed E-state index contributed by atoms with van der Waals surface area (Å²) in [4.78, 5) is 27.0. The lowest BCUT2D eigenvalue weighted by molar-refractivity contribution is -0.152. The first kappa shape index (κ1) is 15.3. The van der Waals surface area contributed by atoms with Crippen LogP contribution < -0.4 is 5.32 Å². The Labute approximate surface area is 122 Å². The van der Waals surface area contributed by atoms with E-state index < -0.39 is 0 Å². The monoisotopic (exact) mass is 280 g/mol. The van der Waals surface area contributed by atoms with Gasteiger partial charge in [-0.25, -0.2) is 0 Å².